The molecule has 0 amide bonds. The molecule has 5 rings (SSSR count). The Morgan fingerprint density at radius 3 is 1.86 bits per heavy atom. The summed E-state index contributed by atoms with van der Waals surface area (Å²) in [6.07, 6.45) is 2.80. The number of aliphatic hydroxyl groups excluding tert-OH is 1. The second kappa shape index (κ2) is 10.7. The molecule has 1 fully saturated rings. The lowest BCUT2D eigenvalue weighted by molar-refractivity contribution is -0.0556. The third-order valence-electron chi connectivity index (χ3n) is 7.52. The Hall–Kier alpha value is -3.74. The average molecular weight is 497 g/mol. The number of ether oxygens (including phenoxy) is 1. The van der Waals surface area contributed by atoms with Gasteiger partial charge in [0.1, 0.15) is 5.60 Å². The van der Waals surface area contributed by atoms with Crippen LogP contribution in [-0.4, -0.2) is 27.4 Å². The van der Waals surface area contributed by atoms with Crippen LogP contribution in [0.15, 0.2) is 107 Å². The molecule has 3 unspecified atom stereocenters. The minimum absolute atomic E-state index is 0.0914. The van der Waals surface area contributed by atoms with Gasteiger partial charge in [-0.2, -0.15) is 0 Å². The number of aromatic nitrogens is 2. The van der Waals surface area contributed by atoms with Gasteiger partial charge in [-0.15, -0.1) is 0 Å². The van der Waals surface area contributed by atoms with Gasteiger partial charge in [0.05, 0.1) is 12.7 Å². The van der Waals surface area contributed by atoms with Crippen molar-refractivity contribution >= 4 is 0 Å². The maximum Gasteiger partial charge on any atom is 0.328 e. The summed E-state index contributed by atoms with van der Waals surface area (Å²) in [7, 11) is 0. The summed E-state index contributed by atoms with van der Waals surface area (Å²) in [5, 5.41) is 11.2. The minimum atomic E-state index is -0.840. The van der Waals surface area contributed by atoms with Gasteiger partial charge >= 0.3 is 5.69 Å². The lowest BCUT2D eigenvalue weighted by Gasteiger charge is -2.39. The number of rotatable bonds is 7. The maximum atomic E-state index is 12.4. The largest absolute Gasteiger partial charge is 0.393 e. The van der Waals surface area contributed by atoms with E-state index < -0.39 is 17.4 Å². The second-order valence-electron chi connectivity index (χ2n) is 9.86. The molecule has 1 aromatic heterocycles. The zero-order valence-electron chi connectivity index (χ0n) is 20.9. The van der Waals surface area contributed by atoms with Gasteiger partial charge in [0, 0.05) is 23.7 Å². The van der Waals surface area contributed by atoms with Gasteiger partial charge in [-0.05, 0) is 42.9 Å². The topological polar surface area (TPSA) is 84.3 Å². The molecule has 3 atom stereocenters. The van der Waals surface area contributed by atoms with E-state index in [1.54, 1.807) is 17.7 Å². The van der Waals surface area contributed by atoms with Crippen molar-refractivity contribution in [1.82, 2.24) is 9.55 Å². The van der Waals surface area contributed by atoms with E-state index in [4.69, 9.17) is 4.74 Å². The summed E-state index contributed by atoms with van der Waals surface area (Å²) in [6.45, 7) is 2.03. The molecule has 1 aliphatic carbocycles. The molecule has 37 heavy (non-hydrogen) atoms. The van der Waals surface area contributed by atoms with E-state index in [2.05, 4.69) is 41.4 Å². The van der Waals surface area contributed by atoms with Crippen LogP contribution in [0.1, 0.15) is 47.6 Å². The number of hydrogen-bond donors (Lipinski definition) is 2. The molecule has 1 aliphatic rings. The molecule has 0 bridgehead atoms. The first-order valence-electron chi connectivity index (χ1n) is 12.8. The molecular formula is C31H32N2O4. The molecule has 0 aliphatic heterocycles. The van der Waals surface area contributed by atoms with Crippen molar-refractivity contribution in [1.29, 1.82) is 0 Å². The maximum absolute atomic E-state index is 12.4. The number of aryl methyl sites for hydroxylation is 1. The van der Waals surface area contributed by atoms with Crippen molar-refractivity contribution in [3.05, 3.63) is 140 Å². The highest BCUT2D eigenvalue weighted by molar-refractivity contribution is 5.47. The molecule has 4 aromatic rings. The smallest absolute Gasteiger partial charge is 0.328 e. The molecule has 3 aromatic carbocycles. The van der Waals surface area contributed by atoms with E-state index >= 15 is 0 Å². The third kappa shape index (κ3) is 4.95. The minimum Gasteiger partial charge on any atom is -0.393 e. The number of aliphatic hydroxyl groups is 1. The molecule has 0 radical (unpaired) electrons. The second-order valence-corrected chi connectivity index (χ2v) is 9.86. The van der Waals surface area contributed by atoms with Crippen molar-refractivity contribution in [3.8, 4) is 0 Å². The Balaban J connectivity index is 1.44. The number of aromatic amines is 1. The van der Waals surface area contributed by atoms with E-state index in [0.717, 1.165) is 16.7 Å². The number of benzene rings is 3. The van der Waals surface area contributed by atoms with Gasteiger partial charge in [-0.25, -0.2) is 4.79 Å². The van der Waals surface area contributed by atoms with E-state index in [0.29, 0.717) is 31.4 Å². The highest BCUT2D eigenvalue weighted by Gasteiger charge is 2.40. The predicted molar refractivity (Wildman–Crippen MR) is 144 cm³/mol. The Kier molecular flexibility index (Phi) is 7.22. The lowest BCUT2D eigenvalue weighted by Crippen LogP contribution is -2.41. The van der Waals surface area contributed by atoms with Crippen LogP contribution in [0.4, 0.5) is 0 Å². The summed E-state index contributed by atoms with van der Waals surface area (Å²) in [5.41, 5.74) is 1.90. The van der Waals surface area contributed by atoms with Crippen LogP contribution in [0, 0.1) is 12.8 Å². The summed E-state index contributed by atoms with van der Waals surface area (Å²) in [6, 6.07) is 30.4. The summed E-state index contributed by atoms with van der Waals surface area (Å²) in [5.74, 6) is -0.0914. The van der Waals surface area contributed by atoms with E-state index in [9.17, 15) is 14.7 Å². The number of H-pyrrole nitrogens is 1. The fraction of sp³-hybridized carbons (Fsp3) is 0.290. The van der Waals surface area contributed by atoms with E-state index in [1.165, 1.54) is 0 Å². The molecule has 0 saturated heterocycles. The number of hydrogen-bond acceptors (Lipinski definition) is 4. The highest BCUT2D eigenvalue weighted by Crippen LogP contribution is 2.42. The van der Waals surface area contributed by atoms with Gasteiger partial charge in [0.15, 0.2) is 0 Å². The van der Waals surface area contributed by atoms with E-state index in [-0.39, 0.29) is 17.5 Å². The summed E-state index contributed by atoms with van der Waals surface area (Å²) < 4.78 is 8.48. The quantitative estimate of drug-likeness (QED) is 0.368. The van der Waals surface area contributed by atoms with Crippen molar-refractivity contribution in [2.24, 2.45) is 5.92 Å². The average Bonchev–Trinajstić information content (AvgIpc) is 2.93. The van der Waals surface area contributed by atoms with Crippen LogP contribution in [0.5, 0.6) is 0 Å². The summed E-state index contributed by atoms with van der Waals surface area (Å²) in [4.78, 5) is 26.6. The Morgan fingerprint density at radius 2 is 1.38 bits per heavy atom. The van der Waals surface area contributed by atoms with Crippen molar-refractivity contribution in [3.63, 3.8) is 0 Å². The first-order valence-corrected chi connectivity index (χ1v) is 12.8. The normalized spacial score (nSPS) is 20.0. The van der Waals surface area contributed by atoms with Crippen LogP contribution in [0.3, 0.4) is 0 Å². The van der Waals surface area contributed by atoms with Crippen LogP contribution in [0.2, 0.25) is 0 Å². The number of nitrogens with zero attached hydrogens (tertiary/aromatic N) is 1. The molecule has 6 nitrogen and oxygen atoms in total. The zero-order valence-corrected chi connectivity index (χ0v) is 20.9. The van der Waals surface area contributed by atoms with Crippen LogP contribution in [-0.2, 0) is 10.3 Å². The molecule has 6 heteroatoms. The van der Waals surface area contributed by atoms with E-state index in [1.807, 2.05) is 54.6 Å². The van der Waals surface area contributed by atoms with Gasteiger partial charge in [0.25, 0.3) is 5.56 Å². The SMILES string of the molecule is Cc1cn(C2CCC(COC(c3ccccc3)(c3ccccc3)c3ccccc3)C(O)C2)c(=O)[nH]c1=O. The van der Waals surface area contributed by atoms with Crippen molar-refractivity contribution in [2.45, 2.75) is 43.9 Å². The third-order valence-corrected chi connectivity index (χ3v) is 7.52. The van der Waals surface area contributed by atoms with Crippen molar-refractivity contribution in [2.75, 3.05) is 6.61 Å². The zero-order chi connectivity index (χ0) is 25.8. The Labute approximate surface area is 216 Å². The predicted octanol–water partition coefficient (Wildman–Crippen LogP) is 4.56. The van der Waals surface area contributed by atoms with Crippen LogP contribution >= 0.6 is 0 Å². The van der Waals surface area contributed by atoms with Gasteiger partial charge in [-0.1, -0.05) is 91.0 Å². The fourth-order valence-electron chi connectivity index (χ4n) is 5.49. The van der Waals surface area contributed by atoms with Crippen LogP contribution in [0.25, 0.3) is 0 Å². The van der Waals surface area contributed by atoms with Gasteiger partial charge < -0.3 is 9.84 Å². The summed E-state index contributed by atoms with van der Waals surface area (Å²) >= 11 is 0. The molecule has 0 spiro atoms. The van der Waals surface area contributed by atoms with Crippen LogP contribution < -0.4 is 11.2 Å². The lowest BCUT2D eigenvalue weighted by atomic mass is 9.79. The molecular weight excluding hydrogens is 464 g/mol. The van der Waals surface area contributed by atoms with Gasteiger partial charge in [-0.3, -0.25) is 14.3 Å². The molecule has 1 heterocycles. The first kappa shape index (κ1) is 24.9. The molecule has 1 saturated carbocycles. The monoisotopic (exact) mass is 496 g/mol. The number of nitrogens with one attached hydrogen (secondary N) is 1. The highest BCUT2D eigenvalue weighted by atomic mass is 16.5. The van der Waals surface area contributed by atoms with Gasteiger partial charge in [0.2, 0.25) is 0 Å². The molecule has 190 valence electrons. The molecule has 2 N–H and O–H groups in total. The standard InChI is InChI=1S/C31H32N2O4/c1-22-20-33(30(36)32-29(22)35)27-18-17-23(28(34)19-27)21-37-31(24-11-5-2-6-12-24,25-13-7-3-8-14-25)26-15-9-4-10-16-26/h2-16,20,23,27-28,34H,17-19,21H2,1H3,(H,32,35,36). The first-order chi connectivity index (χ1) is 18.0. The Bertz CT molecular complexity index is 1330. The van der Waals surface area contributed by atoms with Crippen molar-refractivity contribution < 1.29 is 9.84 Å². The Morgan fingerprint density at radius 1 is 0.865 bits per heavy atom. The fourth-order valence-corrected chi connectivity index (χ4v) is 5.49.